The third-order valence-corrected chi connectivity index (χ3v) is 7.48. The van der Waals surface area contributed by atoms with E-state index in [2.05, 4.69) is 41.5 Å². The zero-order chi connectivity index (χ0) is 30.1. The van der Waals surface area contributed by atoms with Gasteiger partial charge in [0.05, 0.1) is 12.6 Å². The van der Waals surface area contributed by atoms with Gasteiger partial charge in [-0.25, -0.2) is 19.3 Å². The predicted molar refractivity (Wildman–Crippen MR) is 156 cm³/mol. The van der Waals surface area contributed by atoms with E-state index in [0.29, 0.717) is 26.9 Å². The maximum Gasteiger partial charge on any atom is 0.250 e. The number of halogens is 2. The molecule has 1 saturated heterocycles. The molecule has 1 aliphatic heterocycles. The van der Waals surface area contributed by atoms with Crippen molar-refractivity contribution in [3.8, 4) is 11.1 Å². The zero-order valence-electron chi connectivity index (χ0n) is 23.0. The lowest BCUT2D eigenvalue weighted by Gasteiger charge is -2.27. The molecule has 3 aromatic heterocycles. The Labute approximate surface area is 248 Å². The summed E-state index contributed by atoms with van der Waals surface area (Å²) in [6.07, 6.45) is 3.28. The number of likely N-dealkylation sites (tertiary alicyclic amines) is 1. The van der Waals surface area contributed by atoms with Crippen LogP contribution < -0.4 is 10.6 Å². The lowest BCUT2D eigenvalue weighted by molar-refractivity contribution is -0.138. The second-order valence-corrected chi connectivity index (χ2v) is 10.9. The van der Waals surface area contributed by atoms with Gasteiger partial charge in [0.1, 0.15) is 35.0 Å². The number of carbonyl (C=O) groups excluding carboxylic acids is 4. The average Bonchev–Trinajstić information content (AvgIpc) is 3.46. The van der Waals surface area contributed by atoms with Crippen LogP contribution in [0.5, 0.6) is 0 Å². The van der Waals surface area contributed by atoms with Gasteiger partial charge in [0.2, 0.25) is 11.8 Å². The van der Waals surface area contributed by atoms with Crippen molar-refractivity contribution in [2.24, 2.45) is 0 Å². The average molecular weight is 636 g/mol. The molecular formula is C29H27BrFN7O4. The van der Waals surface area contributed by atoms with E-state index in [0.717, 1.165) is 16.0 Å². The Balaban J connectivity index is 1.46. The Morgan fingerprint density at radius 3 is 2.48 bits per heavy atom. The Kier molecular flexibility index (Phi) is 8.12. The summed E-state index contributed by atoms with van der Waals surface area (Å²) in [6, 6.07) is 7.75. The van der Waals surface area contributed by atoms with Crippen LogP contribution in [-0.4, -0.2) is 72.7 Å². The first-order valence-corrected chi connectivity index (χ1v) is 13.9. The molecule has 2 N–H and O–H groups in total. The molecule has 1 aromatic carbocycles. The van der Waals surface area contributed by atoms with Crippen LogP contribution in [0, 0.1) is 6.92 Å². The zero-order valence-corrected chi connectivity index (χ0v) is 24.6. The first-order valence-electron chi connectivity index (χ1n) is 13.1. The van der Waals surface area contributed by atoms with E-state index in [1.54, 1.807) is 54.3 Å². The van der Waals surface area contributed by atoms with E-state index in [1.807, 2.05) is 12.1 Å². The molecule has 0 spiro atoms. The molecule has 13 heteroatoms. The van der Waals surface area contributed by atoms with E-state index in [-0.39, 0.29) is 18.1 Å². The van der Waals surface area contributed by atoms with Crippen molar-refractivity contribution in [2.45, 2.75) is 45.6 Å². The fourth-order valence-electron chi connectivity index (χ4n) is 5.12. The van der Waals surface area contributed by atoms with Crippen molar-refractivity contribution in [3.63, 3.8) is 0 Å². The normalized spacial score (nSPS) is 18.2. The predicted octanol–water partition coefficient (Wildman–Crippen LogP) is 3.46. The van der Waals surface area contributed by atoms with Gasteiger partial charge in [0.25, 0.3) is 5.91 Å². The van der Waals surface area contributed by atoms with Gasteiger partial charge in [0.15, 0.2) is 5.78 Å². The summed E-state index contributed by atoms with van der Waals surface area (Å²) in [7, 11) is 0. The number of Topliss-reactive ketones (excluding diaryl/α,β-unsaturated/α-hetero) is 1. The number of pyridine rings is 1. The number of ketones is 1. The number of aromatic nitrogens is 4. The van der Waals surface area contributed by atoms with Crippen molar-refractivity contribution in [1.82, 2.24) is 29.7 Å². The number of amides is 3. The minimum atomic E-state index is -1.68. The molecule has 3 amide bonds. The lowest BCUT2D eigenvalue weighted by atomic mass is 10.0. The van der Waals surface area contributed by atoms with E-state index < -0.39 is 42.5 Å². The third kappa shape index (κ3) is 5.91. The van der Waals surface area contributed by atoms with Gasteiger partial charge in [0, 0.05) is 47.5 Å². The molecular weight excluding hydrogens is 609 g/mol. The van der Waals surface area contributed by atoms with Gasteiger partial charge in [-0.15, -0.1) is 0 Å². The van der Waals surface area contributed by atoms with Gasteiger partial charge in [-0.2, -0.15) is 0 Å². The number of alkyl halides is 1. The smallest absolute Gasteiger partial charge is 0.250 e. The molecule has 5 rings (SSSR count). The second kappa shape index (κ2) is 11.8. The largest absolute Gasteiger partial charge is 0.348 e. The van der Waals surface area contributed by atoms with Gasteiger partial charge in [-0.05, 0) is 59.6 Å². The minimum Gasteiger partial charge on any atom is -0.348 e. The minimum absolute atomic E-state index is 0.196. The van der Waals surface area contributed by atoms with E-state index in [4.69, 9.17) is 0 Å². The standard InChI is InChI=1S/C29H27BrFN7O4/c1-15(39)21-12-37(23-8-7-18(9-20(21)23)19-10-32-16(2)33-11-19)14-26(41)38-13-22(31)27(34-17(3)40)28(38)29(42)36-25-6-4-5-24(30)35-25/h4-12,22,27-28H,13-14H2,1-3H3,(H,34,40)(H,35,36,42)/t22-,27+,28-/m0/s1. The number of fused-ring (bicyclic) bond motifs is 1. The summed E-state index contributed by atoms with van der Waals surface area (Å²) in [4.78, 5) is 65.2. The summed E-state index contributed by atoms with van der Waals surface area (Å²) in [5.74, 6) is -1.16. The summed E-state index contributed by atoms with van der Waals surface area (Å²) in [5.41, 5.74) is 2.58. The third-order valence-electron chi connectivity index (χ3n) is 7.04. The Bertz CT molecular complexity index is 1710. The van der Waals surface area contributed by atoms with Crippen molar-refractivity contribution in [3.05, 3.63) is 71.0 Å². The highest BCUT2D eigenvalue weighted by atomic mass is 79.9. The van der Waals surface area contributed by atoms with Crippen LogP contribution >= 0.6 is 15.9 Å². The number of carbonyl (C=O) groups is 4. The number of nitrogens with one attached hydrogen (secondary N) is 2. The monoisotopic (exact) mass is 635 g/mol. The molecule has 0 unspecified atom stereocenters. The molecule has 4 aromatic rings. The molecule has 1 aliphatic rings. The molecule has 11 nitrogen and oxygen atoms in total. The van der Waals surface area contributed by atoms with Crippen molar-refractivity contribution >= 4 is 56.2 Å². The Hall–Kier alpha value is -4.52. The topological polar surface area (TPSA) is 139 Å². The number of nitrogens with zero attached hydrogens (tertiary/aromatic N) is 5. The first kappa shape index (κ1) is 29.0. The van der Waals surface area contributed by atoms with Crippen LogP contribution in [0.25, 0.3) is 22.0 Å². The van der Waals surface area contributed by atoms with E-state index >= 15 is 4.39 Å². The van der Waals surface area contributed by atoms with Crippen molar-refractivity contribution < 1.29 is 23.6 Å². The molecule has 3 atom stereocenters. The fourth-order valence-corrected chi connectivity index (χ4v) is 5.46. The van der Waals surface area contributed by atoms with E-state index in [9.17, 15) is 19.2 Å². The van der Waals surface area contributed by atoms with Crippen LogP contribution in [0.1, 0.15) is 30.0 Å². The van der Waals surface area contributed by atoms with E-state index in [1.165, 1.54) is 13.8 Å². The highest BCUT2D eigenvalue weighted by Crippen LogP contribution is 2.29. The maximum atomic E-state index is 15.2. The van der Waals surface area contributed by atoms with Crippen LogP contribution in [0.2, 0.25) is 0 Å². The molecule has 42 heavy (non-hydrogen) atoms. The highest BCUT2D eigenvalue weighted by Gasteiger charge is 2.48. The molecule has 0 aliphatic carbocycles. The highest BCUT2D eigenvalue weighted by molar-refractivity contribution is 9.10. The van der Waals surface area contributed by atoms with Gasteiger partial charge in [-0.3, -0.25) is 19.2 Å². The summed E-state index contributed by atoms with van der Waals surface area (Å²) in [6.45, 7) is 3.77. The number of anilines is 1. The first-order chi connectivity index (χ1) is 20.0. The number of benzene rings is 1. The molecule has 0 saturated carbocycles. The van der Waals surface area contributed by atoms with Gasteiger partial charge in [-0.1, -0.05) is 12.1 Å². The van der Waals surface area contributed by atoms with Crippen LogP contribution in [-0.2, 0) is 20.9 Å². The summed E-state index contributed by atoms with van der Waals surface area (Å²) >= 11 is 3.24. The maximum absolute atomic E-state index is 15.2. The quantitative estimate of drug-likeness (QED) is 0.234. The fraction of sp³-hybridized carbons (Fsp3) is 0.276. The lowest BCUT2D eigenvalue weighted by Crippen LogP contribution is -2.54. The molecule has 0 radical (unpaired) electrons. The molecule has 1 fully saturated rings. The Morgan fingerprint density at radius 1 is 1.07 bits per heavy atom. The molecule has 4 heterocycles. The number of aryl methyl sites for hydroxylation is 1. The summed E-state index contributed by atoms with van der Waals surface area (Å²) < 4.78 is 17.3. The number of rotatable bonds is 7. The number of hydrogen-bond donors (Lipinski definition) is 2. The second-order valence-electron chi connectivity index (χ2n) is 10.0. The van der Waals surface area contributed by atoms with Crippen molar-refractivity contribution in [1.29, 1.82) is 0 Å². The number of hydrogen-bond acceptors (Lipinski definition) is 7. The molecule has 216 valence electrons. The SMILES string of the molecule is CC(=O)N[C@H]1[C@@H](C(=O)Nc2cccc(Br)n2)N(C(=O)Cn2cc(C(C)=O)c3cc(-c4cnc(C)nc4)ccc32)C[C@@H]1F. The van der Waals surface area contributed by atoms with Gasteiger partial charge >= 0.3 is 0 Å². The van der Waals surface area contributed by atoms with Crippen LogP contribution in [0.3, 0.4) is 0 Å². The Morgan fingerprint density at radius 2 is 1.81 bits per heavy atom. The van der Waals surface area contributed by atoms with Crippen LogP contribution in [0.15, 0.2) is 59.6 Å². The summed E-state index contributed by atoms with van der Waals surface area (Å²) in [5, 5.41) is 5.73. The molecule has 0 bridgehead atoms. The van der Waals surface area contributed by atoms with Crippen molar-refractivity contribution in [2.75, 3.05) is 11.9 Å². The van der Waals surface area contributed by atoms with Gasteiger partial charge < -0.3 is 20.1 Å². The van der Waals surface area contributed by atoms with Crippen LogP contribution in [0.4, 0.5) is 10.2 Å².